The zero-order valence-electron chi connectivity index (χ0n) is 11.1. The summed E-state index contributed by atoms with van der Waals surface area (Å²) < 4.78 is 5.28. The highest BCUT2D eigenvalue weighted by Gasteiger charge is 2.14. The summed E-state index contributed by atoms with van der Waals surface area (Å²) in [6, 6.07) is 5.07. The molecule has 0 amide bonds. The lowest BCUT2D eigenvalue weighted by molar-refractivity contribution is -0.139. The van der Waals surface area contributed by atoms with Crippen molar-refractivity contribution < 1.29 is 24.2 Å². The Labute approximate surface area is 118 Å². The van der Waals surface area contributed by atoms with Crippen LogP contribution in [0.4, 0.5) is 0 Å². The van der Waals surface area contributed by atoms with Crippen LogP contribution in [0, 0.1) is 6.92 Å². The first-order valence-electron chi connectivity index (χ1n) is 6.06. The Hall–Kier alpha value is -2.89. The van der Waals surface area contributed by atoms with Gasteiger partial charge in [-0.05, 0) is 25.1 Å². The highest BCUT2D eigenvalue weighted by atomic mass is 16.4. The van der Waals surface area contributed by atoms with Crippen LogP contribution in [0.5, 0.6) is 0 Å². The van der Waals surface area contributed by atoms with E-state index in [9.17, 15) is 14.4 Å². The van der Waals surface area contributed by atoms with Gasteiger partial charge in [0.2, 0.25) is 0 Å². The maximum Gasteiger partial charge on any atom is 0.332 e. The van der Waals surface area contributed by atoms with Crippen LogP contribution in [0.25, 0.3) is 17.0 Å². The summed E-state index contributed by atoms with van der Waals surface area (Å²) in [5, 5.41) is 18.0. The first-order chi connectivity index (χ1) is 9.88. The molecule has 2 rings (SSSR count). The summed E-state index contributed by atoms with van der Waals surface area (Å²) in [5.74, 6) is -2.68. The lowest BCUT2D eigenvalue weighted by Crippen LogP contribution is -2.10. The Balaban J connectivity index is 2.61. The standard InChI is InChI=1S/C15H12O6/c1-8-2-3-12-11(4-8)14(18)10(7-21-12)5-9(15(19)20)6-13(16)17/h2-5,7H,6H2,1H3,(H,16,17)(H,19,20). The third kappa shape index (κ3) is 3.17. The van der Waals surface area contributed by atoms with Crippen LogP contribution in [-0.4, -0.2) is 22.2 Å². The Morgan fingerprint density at radius 3 is 2.62 bits per heavy atom. The van der Waals surface area contributed by atoms with Gasteiger partial charge in [0.05, 0.1) is 17.4 Å². The summed E-state index contributed by atoms with van der Waals surface area (Å²) in [6.07, 6.45) is 1.48. The molecule has 0 aliphatic rings. The van der Waals surface area contributed by atoms with Gasteiger partial charge in [-0.15, -0.1) is 0 Å². The molecular weight excluding hydrogens is 276 g/mol. The van der Waals surface area contributed by atoms with Gasteiger partial charge in [0, 0.05) is 5.57 Å². The monoisotopic (exact) mass is 288 g/mol. The van der Waals surface area contributed by atoms with Crippen molar-refractivity contribution in [1.82, 2.24) is 0 Å². The molecule has 108 valence electrons. The van der Waals surface area contributed by atoms with Gasteiger partial charge in [-0.1, -0.05) is 11.6 Å². The predicted octanol–water partition coefficient (Wildman–Crippen LogP) is 2.04. The highest BCUT2D eigenvalue weighted by Crippen LogP contribution is 2.15. The molecule has 0 fully saturated rings. The molecule has 2 N–H and O–H groups in total. The number of carbonyl (C=O) groups is 2. The molecule has 1 aromatic heterocycles. The average Bonchev–Trinajstić information content (AvgIpc) is 2.41. The number of rotatable bonds is 4. The number of aliphatic carboxylic acids is 2. The van der Waals surface area contributed by atoms with E-state index in [0.717, 1.165) is 17.9 Å². The van der Waals surface area contributed by atoms with Crippen LogP contribution in [0.1, 0.15) is 17.5 Å². The Morgan fingerprint density at radius 1 is 1.29 bits per heavy atom. The van der Waals surface area contributed by atoms with Crippen LogP contribution in [0.15, 0.2) is 39.2 Å². The zero-order chi connectivity index (χ0) is 15.6. The molecule has 21 heavy (non-hydrogen) atoms. The van der Waals surface area contributed by atoms with Crippen LogP contribution in [0.3, 0.4) is 0 Å². The Kier molecular flexibility index (Phi) is 3.89. The lowest BCUT2D eigenvalue weighted by atomic mass is 10.1. The Morgan fingerprint density at radius 2 is 2.00 bits per heavy atom. The average molecular weight is 288 g/mol. The normalized spacial score (nSPS) is 11.6. The molecule has 6 heteroatoms. The summed E-state index contributed by atoms with van der Waals surface area (Å²) in [6.45, 7) is 1.81. The van der Waals surface area contributed by atoms with Crippen molar-refractivity contribution in [3.63, 3.8) is 0 Å². The SMILES string of the molecule is Cc1ccc2occ(C=C(CC(=O)O)C(=O)O)c(=O)c2c1. The summed E-state index contributed by atoms with van der Waals surface area (Å²) in [7, 11) is 0. The van der Waals surface area contributed by atoms with Crippen LogP contribution >= 0.6 is 0 Å². The fraction of sp³-hybridized carbons (Fsp3) is 0.133. The van der Waals surface area contributed by atoms with Crippen LogP contribution in [0.2, 0.25) is 0 Å². The molecule has 0 saturated carbocycles. The number of carboxylic acids is 2. The van der Waals surface area contributed by atoms with Crippen LogP contribution in [-0.2, 0) is 9.59 Å². The molecule has 0 aliphatic heterocycles. The maximum absolute atomic E-state index is 12.3. The van der Waals surface area contributed by atoms with E-state index in [1.165, 1.54) is 0 Å². The molecule has 6 nitrogen and oxygen atoms in total. The molecule has 1 heterocycles. The van der Waals surface area contributed by atoms with Crippen LogP contribution < -0.4 is 5.43 Å². The Bertz CT molecular complexity index is 813. The largest absolute Gasteiger partial charge is 0.481 e. The van der Waals surface area contributed by atoms with Gasteiger partial charge in [0.1, 0.15) is 11.8 Å². The summed E-state index contributed by atoms with van der Waals surface area (Å²) in [4.78, 5) is 33.9. The minimum absolute atomic E-state index is 0.00625. The molecule has 0 saturated heterocycles. The van der Waals surface area contributed by atoms with Gasteiger partial charge in [0.15, 0.2) is 5.43 Å². The topological polar surface area (TPSA) is 105 Å². The van der Waals surface area contributed by atoms with Crippen molar-refractivity contribution in [3.8, 4) is 0 Å². The second-order valence-electron chi connectivity index (χ2n) is 4.57. The number of hydrogen-bond acceptors (Lipinski definition) is 4. The molecule has 0 spiro atoms. The van der Waals surface area contributed by atoms with E-state index >= 15 is 0 Å². The number of carboxylic acid groups (broad SMARTS) is 2. The zero-order valence-corrected chi connectivity index (χ0v) is 11.1. The van der Waals surface area contributed by atoms with Gasteiger partial charge < -0.3 is 14.6 Å². The van der Waals surface area contributed by atoms with Gasteiger partial charge in [0.25, 0.3) is 0 Å². The van der Waals surface area contributed by atoms with Gasteiger partial charge >= 0.3 is 11.9 Å². The molecule has 0 atom stereocenters. The first-order valence-corrected chi connectivity index (χ1v) is 6.06. The van der Waals surface area contributed by atoms with Crippen molar-refractivity contribution in [3.05, 3.63) is 51.4 Å². The van der Waals surface area contributed by atoms with E-state index in [4.69, 9.17) is 14.6 Å². The van der Waals surface area contributed by atoms with Gasteiger partial charge in [-0.25, -0.2) is 4.79 Å². The van der Waals surface area contributed by atoms with Crippen molar-refractivity contribution in [2.24, 2.45) is 0 Å². The minimum Gasteiger partial charge on any atom is -0.481 e. The van der Waals surface area contributed by atoms with Gasteiger partial charge in [-0.3, -0.25) is 9.59 Å². The molecule has 2 aromatic rings. The molecule has 0 aliphatic carbocycles. The van der Waals surface area contributed by atoms with Crippen molar-refractivity contribution in [1.29, 1.82) is 0 Å². The number of fused-ring (bicyclic) bond motifs is 1. The molecule has 0 unspecified atom stereocenters. The van der Waals surface area contributed by atoms with Gasteiger partial charge in [-0.2, -0.15) is 0 Å². The molecule has 1 aromatic carbocycles. The number of benzene rings is 1. The summed E-state index contributed by atoms with van der Waals surface area (Å²) >= 11 is 0. The predicted molar refractivity (Wildman–Crippen MR) is 75.1 cm³/mol. The fourth-order valence-corrected chi connectivity index (χ4v) is 1.90. The smallest absolute Gasteiger partial charge is 0.332 e. The van der Waals surface area contributed by atoms with E-state index < -0.39 is 23.8 Å². The van der Waals surface area contributed by atoms with E-state index in [0.29, 0.717) is 11.0 Å². The summed E-state index contributed by atoms with van der Waals surface area (Å²) in [5.41, 5.74) is 0.468. The second-order valence-corrected chi connectivity index (χ2v) is 4.57. The van der Waals surface area contributed by atoms with Crippen molar-refractivity contribution in [2.75, 3.05) is 0 Å². The van der Waals surface area contributed by atoms with E-state index in [1.807, 2.05) is 6.92 Å². The third-order valence-electron chi connectivity index (χ3n) is 2.90. The quantitative estimate of drug-likeness (QED) is 0.834. The maximum atomic E-state index is 12.3. The second kappa shape index (κ2) is 5.62. The van der Waals surface area contributed by atoms with E-state index in [1.54, 1.807) is 18.2 Å². The van der Waals surface area contributed by atoms with E-state index in [-0.39, 0.29) is 11.1 Å². The molecule has 0 bridgehead atoms. The number of hydrogen-bond donors (Lipinski definition) is 2. The van der Waals surface area contributed by atoms with E-state index in [2.05, 4.69) is 0 Å². The first kappa shape index (κ1) is 14.5. The molecule has 0 radical (unpaired) electrons. The highest BCUT2D eigenvalue weighted by molar-refractivity contribution is 5.97. The molecular formula is C15H12O6. The fourth-order valence-electron chi connectivity index (χ4n) is 1.90. The van der Waals surface area contributed by atoms with Crippen molar-refractivity contribution in [2.45, 2.75) is 13.3 Å². The van der Waals surface area contributed by atoms with Crippen molar-refractivity contribution >= 4 is 29.0 Å². The minimum atomic E-state index is -1.39. The lowest BCUT2D eigenvalue weighted by Gasteiger charge is -2.02. The number of aryl methyl sites for hydroxylation is 1. The third-order valence-corrected chi connectivity index (χ3v) is 2.90.